The summed E-state index contributed by atoms with van der Waals surface area (Å²) in [6.45, 7) is 3.96. The molecule has 2 heterocycles. The average molecular weight is 478 g/mol. The number of aromatic nitrogens is 2. The summed E-state index contributed by atoms with van der Waals surface area (Å²) in [6, 6.07) is 17.0. The van der Waals surface area contributed by atoms with E-state index in [-0.39, 0.29) is 18.4 Å². The molecule has 2 amide bonds. The number of rotatable bonds is 7. The molecule has 0 saturated heterocycles. The average Bonchev–Trinajstić information content (AvgIpc) is 3.38. The van der Waals surface area contributed by atoms with E-state index in [0.717, 1.165) is 26.7 Å². The van der Waals surface area contributed by atoms with E-state index in [4.69, 9.17) is 5.73 Å². The minimum Gasteiger partial charge on any atom is -0.375 e. The van der Waals surface area contributed by atoms with Gasteiger partial charge in [0, 0.05) is 28.1 Å². The van der Waals surface area contributed by atoms with Crippen molar-refractivity contribution in [3.63, 3.8) is 0 Å². The monoisotopic (exact) mass is 477 g/mol. The molecule has 0 atom stereocenters. The smallest absolute Gasteiger partial charge is 0.274 e. The van der Waals surface area contributed by atoms with Crippen molar-refractivity contribution in [1.29, 1.82) is 0 Å². The van der Waals surface area contributed by atoms with Crippen molar-refractivity contribution < 1.29 is 9.59 Å². The molecule has 3 N–H and O–H groups in total. The zero-order chi connectivity index (χ0) is 23.4. The van der Waals surface area contributed by atoms with Crippen molar-refractivity contribution in [3.8, 4) is 11.3 Å². The maximum atomic E-state index is 13.2. The summed E-state index contributed by atoms with van der Waals surface area (Å²) in [7, 11) is 0. The second kappa shape index (κ2) is 9.93. The lowest BCUT2D eigenvalue weighted by molar-refractivity contribution is -0.117. The Kier molecular flexibility index (Phi) is 6.81. The Balaban J connectivity index is 1.48. The molecule has 0 fully saturated rings. The first kappa shape index (κ1) is 22.6. The van der Waals surface area contributed by atoms with Crippen molar-refractivity contribution >= 4 is 45.3 Å². The molecule has 0 spiro atoms. The number of hydrogen-bond acceptors (Lipinski definition) is 7. The van der Waals surface area contributed by atoms with Gasteiger partial charge in [-0.25, -0.2) is 9.97 Å². The van der Waals surface area contributed by atoms with Crippen molar-refractivity contribution in [1.82, 2.24) is 14.9 Å². The van der Waals surface area contributed by atoms with Gasteiger partial charge in [0.25, 0.3) is 5.91 Å². The number of nitrogen functional groups attached to an aromatic ring is 1. The Labute approximate surface area is 199 Å². The molecule has 0 unspecified atom stereocenters. The van der Waals surface area contributed by atoms with Gasteiger partial charge in [-0.2, -0.15) is 0 Å². The fourth-order valence-corrected chi connectivity index (χ4v) is 4.78. The van der Waals surface area contributed by atoms with Gasteiger partial charge in [-0.1, -0.05) is 42.5 Å². The maximum absolute atomic E-state index is 13.2. The van der Waals surface area contributed by atoms with Crippen molar-refractivity contribution in [2.75, 3.05) is 17.6 Å². The Bertz CT molecular complexity index is 1270. The number of aryl methyl sites for hydroxylation is 2. The predicted molar refractivity (Wildman–Crippen MR) is 133 cm³/mol. The van der Waals surface area contributed by atoms with Crippen LogP contribution < -0.4 is 11.1 Å². The van der Waals surface area contributed by atoms with E-state index in [9.17, 15) is 9.59 Å². The largest absolute Gasteiger partial charge is 0.375 e. The fourth-order valence-electron chi connectivity index (χ4n) is 3.40. The van der Waals surface area contributed by atoms with Crippen LogP contribution in [0.15, 0.2) is 60.0 Å². The van der Waals surface area contributed by atoms with Gasteiger partial charge in [0.15, 0.2) is 5.13 Å². The summed E-state index contributed by atoms with van der Waals surface area (Å²) < 4.78 is 0. The van der Waals surface area contributed by atoms with E-state index in [1.807, 2.05) is 61.7 Å². The lowest BCUT2D eigenvalue weighted by Gasteiger charge is -2.22. The summed E-state index contributed by atoms with van der Waals surface area (Å²) in [5, 5.41) is 6.09. The number of thiazole rings is 2. The molecular weight excluding hydrogens is 454 g/mol. The second-order valence-corrected chi connectivity index (χ2v) is 9.78. The molecule has 0 radical (unpaired) electrons. The highest BCUT2D eigenvalue weighted by Gasteiger charge is 2.23. The third-order valence-electron chi connectivity index (χ3n) is 4.93. The molecule has 7 nitrogen and oxygen atoms in total. The van der Waals surface area contributed by atoms with E-state index < -0.39 is 0 Å². The number of anilines is 2. The van der Waals surface area contributed by atoms with Crippen molar-refractivity contribution in [3.05, 3.63) is 81.1 Å². The maximum Gasteiger partial charge on any atom is 0.274 e. The van der Waals surface area contributed by atoms with Crippen LogP contribution in [-0.2, 0) is 11.3 Å². The standard InChI is InChI=1S/C24H23N5O2S2/c1-15-22(26-16(2)33-15)23(31)29(12-17-6-4-3-5-7-17)13-21(30)27-19-10-8-18(9-11-19)20-14-32-24(25)28-20/h3-11,14H,12-13H2,1-2H3,(H2,25,28)(H,27,30). The summed E-state index contributed by atoms with van der Waals surface area (Å²) in [4.78, 5) is 37.1. The van der Waals surface area contributed by atoms with Gasteiger partial charge in [-0.15, -0.1) is 22.7 Å². The molecule has 4 rings (SSSR count). The molecule has 0 aliphatic rings. The molecule has 33 heavy (non-hydrogen) atoms. The Hall–Kier alpha value is -3.56. The summed E-state index contributed by atoms with van der Waals surface area (Å²) in [5.41, 5.74) is 9.39. The lowest BCUT2D eigenvalue weighted by atomic mass is 10.1. The van der Waals surface area contributed by atoms with Crippen LogP contribution >= 0.6 is 22.7 Å². The summed E-state index contributed by atoms with van der Waals surface area (Å²) >= 11 is 2.85. The van der Waals surface area contributed by atoms with E-state index >= 15 is 0 Å². The van der Waals surface area contributed by atoms with Gasteiger partial charge in [0.1, 0.15) is 12.2 Å². The number of nitrogens with zero attached hydrogens (tertiary/aromatic N) is 3. The second-order valence-electron chi connectivity index (χ2n) is 7.48. The summed E-state index contributed by atoms with van der Waals surface area (Å²) in [5.74, 6) is -0.540. The highest BCUT2D eigenvalue weighted by Crippen LogP contribution is 2.24. The zero-order valence-corrected chi connectivity index (χ0v) is 19.9. The van der Waals surface area contributed by atoms with Crippen LogP contribution in [0.25, 0.3) is 11.3 Å². The van der Waals surface area contributed by atoms with Crippen LogP contribution in [0.1, 0.15) is 25.9 Å². The summed E-state index contributed by atoms with van der Waals surface area (Å²) in [6.07, 6.45) is 0. The number of hydrogen-bond donors (Lipinski definition) is 2. The molecule has 4 aromatic rings. The van der Waals surface area contributed by atoms with Gasteiger partial charge < -0.3 is 16.0 Å². The number of nitrogens with one attached hydrogen (secondary N) is 1. The van der Waals surface area contributed by atoms with Crippen LogP contribution in [0.5, 0.6) is 0 Å². The van der Waals surface area contributed by atoms with Crippen LogP contribution in [-0.4, -0.2) is 33.2 Å². The lowest BCUT2D eigenvalue weighted by Crippen LogP contribution is -2.38. The van der Waals surface area contributed by atoms with Crippen molar-refractivity contribution in [2.24, 2.45) is 0 Å². The number of benzene rings is 2. The highest BCUT2D eigenvalue weighted by atomic mass is 32.1. The minimum atomic E-state index is -0.283. The minimum absolute atomic E-state index is 0.0892. The molecule has 0 saturated carbocycles. The van der Waals surface area contributed by atoms with Gasteiger partial charge >= 0.3 is 0 Å². The number of amides is 2. The van der Waals surface area contributed by atoms with E-state index in [1.54, 1.807) is 12.1 Å². The number of carbonyl (C=O) groups excluding carboxylic acids is 2. The Morgan fingerprint density at radius 1 is 1.03 bits per heavy atom. The molecule has 168 valence electrons. The van der Waals surface area contributed by atoms with Crippen molar-refractivity contribution in [2.45, 2.75) is 20.4 Å². The molecule has 2 aromatic carbocycles. The SMILES string of the molecule is Cc1nc(C(=O)N(CC(=O)Nc2ccc(-c3csc(N)n3)cc2)Cc2ccccc2)c(C)s1. The quantitative estimate of drug-likeness (QED) is 0.400. The van der Waals surface area contributed by atoms with Crippen LogP contribution in [0.4, 0.5) is 10.8 Å². The molecule has 2 aromatic heterocycles. The first-order valence-corrected chi connectivity index (χ1v) is 12.0. The highest BCUT2D eigenvalue weighted by molar-refractivity contribution is 7.13. The predicted octanol–water partition coefficient (Wildman–Crippen LogP) is 4.75. The van der Waals surface area contributed by atoms with E-state index in [0.29, 0.717) is 23.1 Å². The fraction of sp³-hybridized carbons (Fsp3) is 0.167. The van der Waals surface area contributed by atoms with Crippen LogP contribution in [0.2, 0.25) is 0 Å². The molecule has 0 bridgehead atoms. The molecule has 0 aliphatic carbocycles. The van der Waals surface area contributed by atoms with Gasteiger partial charge in [0.2, 0.25) is 5.91 Å². The van der Waals surface area contributed by atoms with E-state index in [2.05, 4.69) is 15.3 Å². The van der Waals surface area contributed by atoms with Gasteiger partial charge in [0.05, 0.1) is 10.7 Å². The first-order chi connectivity index (χ1) is 15.9. The van der Waals surface area contributed by atoms with Gasteiger partial charge in [-0.3, -0.25) is 9.59 Å². The third kappa shape index (κ3) is 5.63. The van der Waals surface area contributed by atoms with Gasteiger partial charge in [-0.05, 0) is 31.5 Å². The van der Waals surface area contributed by atoms with Crippen LogP contribution in [0, 0.1) is 13.8 Å². The molecule has 0 aliphatic heterocycles. The van der Waals surface area contributed by atoms with E-state index in [1.165, 1.54) is 27.6 Å². The molecular formula is C24H23N5O2S2. The number of carbonyl (C=O) groups is 2. The Morgan fingerprint density at radius 3 is 2.36 bits per heavy atom. The Morgan fingerprint density at radius 2 is 1.76 bits per heavy atom. The molecule has 9 heteroatoms. The zero-order valence-electron chi connectivity index (χ0n) is 18.2. The third-order valence-corrected chi connectivity index (χ3v) is 6.49. The van der Waals surface area contributed by atoms with Crippen LogP contribution in [0.3, 0.4) is 0 Å². The first-order valence-electron chi connectivity index (χ1n) is 10.3. The number of nitrogens with two attached hydrogens (primary N) is 1. The normalized spacial score (nSPS) is 10.7. The topological polar surface area (TPSA) is 101 Å².